The molecule has 0 aromatic carbocycles. The smallest absolute Gasteiger partial charge is 0.291 e. The Morgan fingerprint density at radius 3 is 2.57 bits per heavy atom. The standard InChI is InChI=1S/C10H13NO3/c1-7-3-2-6-10(7,11(13)14)9(12)8-4-5-8/h8H,1-6H2/t10-/m1/s1. The second-order valence-electron chi connectivity index (χ2n) is 4.21. The summed E-state index contributed by atoms with van der Waals surface area (Å²) in [7, 11) is 0. The van der Waals surface area contributed by atoms with Crippen LogP contribution in [-0.2, 0) is 4.79 Å². The van der Waals surface area contributed by atoms with Gasteiger partial charge in [0.1, 0.15) is 0 Å². The van der Waals surface area contributed by atoms with Crippen molar-refractivity contribution >= 4 is 5.78 Å². The molecular formula is C10H13NO3. The van der Waals surface area contributed by atoms with Gasteiger partial charge in [-0.3, -0.25) is 14.9 Å². The van der Waals surface area contributed by atoms with Crippen LogP contribution in [0.25, 0.3) is 0 Å². The molecule has 2 rings (SSSR count). The molecule has 0 aliphatic heterocycles. The summed E-state index contributed by atoms with van der Waals surface area (Å²) >= 11 is 0. The molecule has 4 nitrogen and oxygen atoms in total. The number of hydrogen-bond donors (Lipinski definition) is 0. The van der Waals surface area contributed by atoms with Crippen molar-refractivity contribution in [3.63, 3.8) is 0 Å². The summed E-state index contributed by atoms with van der Waals surface area (Å²) in [5.74, 6) is -0.250. The maximum atomic E-state index is 11.9. The molecule has 2 aliphatic carbocycles. The third-order valence-electron chi connectivity index (χ3n) is 3.27. The Labute approximate surface area is 82.1 Å². The summed E-state index contributed by atoms with van der Waals surface area (Å²) in [4.78, 5) is 22.5. The van der Waals surface area contributed by atoms with E-state index in [-0.39, 0.29) is 11.7 Å². The van der Waals surface area contributed by atoms with Gasteiger partial charge in [0.2, 0.25) is 5.78 Å². The molecule has 0 bridgehead atoms. The van der Waals surface area contributed by atoms with Crippen LogP contribution in [0.1, 0.15) is 32.1 Å². The van der Waals surface area contributed by atoms with Crippen LogP contribution in [0, 0.1) is 16.0 Å². The molecule has 2 saturated carbocycles. The fourth-order valence-electron chi connectivity index (χ4n) is 2.23. The maximum Gasteiger partial charge on any atom is 0.300 e. The Bertz CT molecular complexity index is 319. The van der Waals surface area contributed by atoms with Crippen molar-refractivity contribution in [2.75, 3.05) is 0 Å². The molecule has 1 atom stereocenters. The van der Waals surface area contributed by atoms with Crippen molar-refractivity contribution in [3.8, 4) is 0 Å². The third kappa shape index (κ3) is 1.10. The fraction of sp³-hybridized carbons (Fsp3) is 0.700. The number of carbonyl (C=O) groups is 1. The molecular weight excluding hydrogens is 182 g/mol. The lowest BCUT2D eigenvalue weighted by Gasteiger charge is -2.19. The largest absolute Gasteiger partial charge is 0.300 e. The van der Waals surface area contributed by atoms with E-state index in [0.717, 1.165) is 19.3 Å². The van der Waals surface area contributed by atoms with E-state index < -0.39 is 10.5 Å². The van der Waals surface area contributed by atoms with E-state index in [1.807, 2.05) is 0 Å². The topological polar surface area (TPSA) is 60.2 Å². The molecule has 0 aromatic rings. The van der Waals surface area contributed by atoms with Gasteiger partial charge >= 0.3 is 0 Å². The summed E-state index contributed by atoms with van der Waals surface area (Å²) in [5.41, 5.74) is -0.902. The summed E-state index contributed by atoms with van der Waals surface area (Å²) in [5, 5.41) is 11.0. The van der Waals surface area contributed by atoms with E-state index in [1.54, 1.807) is 0 Å². The van der Waals surface area contributed by atoms with Crippen molar-refractivity contribution in [3.05, 3.63) is 22.3 Å². The quantitative estimate of drug-likeness (QED) is 0.391. The van der Waals surface area contributed by atoms with Crippen molar-refractivity contribution < 1.29 is 9.72 Å². The van der Waals surface area contributed by atoms with Crippen LogP contribution < -0.4 is 0 Å². The highest BCUT2D eigenvalue weighted by atomic mass is 16.6. The van der Waals surface area contributed by atoms with Gasteiger partial charge < -0.3 is 0 Å². The molecule has 0 aromatic heterocycles. The molecule has 0 amide bonds. The minimum atomic E-state index is -1.42. The second kappa shape index (κ2) is 2.90. The Morgan fingerprint density at radius 1 is 1.57 bits per heavy atom. The van der Waals surface area contributed by atoms with Crippen molar-refractivity contribution in [1.29, 1.82) is 0 Å². The Hall–Kier alpha value is -1.19. The van der Waals surface area contributed by atoms with E-state index in [2.05, 4.69) is 6.58 Å². The van der Waals surface area contributed by atoms with E-state index >= 15 is 0 Å². The lowest BCUT2D eigenvalue weighted by Crippen LogP contribution is -2.46. The normalized spacial score (nSPS) is 31.9. The zero-order valence-corrected chi connectivity index (χ0v) is 7.99. The van der Waals surface area contributed by atoms with Crippen molar-refractivity contribution in [1.82, 2.24) is 0 Å². The summed E-state index contributed by atoms with van der Waals surface area (Å²) in [6.07, 6.45) is 3.34. The maximum absolute atomic E-state index is 11.9. The molecule has 4 heteroatoms. The minimum absolute atomic E-state index is 0.0600. The van der Waals surface area contributed by atoms with Crippen LogP contribution in [0.3, 0.4) is 0 Å². The lowest BCUT2D eigenvalue weighted by atomic mass is 9.87. The third-order valence-corrected chi connectivity index (χ3v) is 3.27. The highest BCUT2D eigenvalue weighted by molar-refractivity contribution is 5.94. The Kier molecular flexibility index (Phi) is 1.94. The van der Waals surface area contributed by atoms with Gasteiger partial charge in [0.15, 0.2) is 0 Å². The lowest BCUT2D eigenvalue weighted by molar-refractivity contribution is -0.539. The van der Waals surface area contributed by atoms with E-state index in [1.165, 1.54) is 0 Å². The first-order valence-corrected chi connectivity index (χ1v) is 4.96. The van der Waals surface area contributed by atoms with E-state index in [0.29, 0.717) is 18.4 Å². The highest BCUT2D eigenvalue weighted by Gasteiger charge is 2.59. The Balaban J connectivity index is 2.34. The fourth-order valence-corrected chi connectivity index (χ4v) is 2.23. The SMILES string of the molecule is C=C1CCC[C@@]1(C(=O)C1CC1)[N+](=O)[O-]. The molecule has 76 valence electrons. The van der Waals surface area contributed by atoms with Gasteiger partial charge in [0.05, 0.1) is 0 Å². The molecule has 2 aliphatic rings. The predicted octanol–water partition coefficient (Wildman–Crippen LogP) is 1.72. The first kappa shape index (κ1) is 9.37. The van der Waals surface area contributed by atoms with Crippen LogP contribution in [0.4, 0.5) is 0 Å². The number of ketones is 1. The monoisotopic (exact) mass is 195 g/mol. The molecule has 0 N–H and O–H groups in total. The number of nitro groups is 1. The second-order valence-corrected chi connectivity index (χ2v) is 4.21. The van der Waals surface area contributed by atoms with E-state index in [9.17, 15) is 14.9 Å². The van der Waals surface area contributed by atoms with Crippen molar-refractivity contribution in [2.24, 2.45) is 5.92 Å². The number of carbonyl (C=O) groups excluding carboxylic acids is 1. The molecule has 2 fully saturated rings. The van der Waals surface area contributed by atoms with Crippen LogP contribution in [0.2, 0.25) is 0 Å². The van der Waals surface area contributed by atoms with Gasteiger partial charge in [-0.05, 0) is 25.7 Å². The molecule has 14 heavy (non-hydrogen) atoms. The van der Waals surface area contributed by atoms with Gasteiger partial charge in [-0.15, -0.1) is 0 Å². The first-order valence-electron chi connectivity index (χ1n) is 4.96. The number of rotatable bonds is 3. The molecule has 0 spiro atoms. The van der Waals surface area contributed by atoms with Gasteiger partial charge in [-0.25, -0.2) is 0 Å². The number of nitrogens with zero attached hydrogens (tertiary/aromatic N) is 1. The molecule has 0 saturated heterocycles. The van der Waals surface area contributed by atoms with E-state index in [4.69, 9.17) is 0 Å². The van der Waals surface area contributed by atoms with Crippen LogP contribution >= 0.6 is 0 Å². The average Bonchev–Trinajstić information content (AvgIpc) is 2.89. The van der Waals surface area contributed by atoms with Gasteiger partial charge in [-0.2, -0.15) is 0 Å². The molecule has 0 heterocycles. The van der Waals surface area contributed by atoms with Crippen LogP contribution in [0.15, 0.2) is 12.2 Å². The first-order chi connectivity index (χ1) is 6.59. The zero-order chi connectivity index (χ0) is 10.3. The van der Waals surface area contributed by atoms with Gasteiger partial charge in [0, 0.05) is 22.8 Å². The summed E-state index contributed by atoms with van der Waals surface area (Å²) in [6.45, 7) is 3.70. The summed E-state index contributed by atoms with van der Waals surface area (Å²) in [6, 6.07) is 0. The molecule has 0 radical (unpaired) electrons. The van der Waals surface area contributed by atoms with Crippen LogP contribution in [-0.4, -0.2) is 16.2 Å². The van der Waals surface area contributed by atoms with Crippen molar-refractivity contribution in [2.45, 2.75) is 37.6 Å². The summed E-state index contributed by atoms with van der Waals surface area (Å²) < 4.78 is 0. The Morgan fingerprint density at radius 2 is 2.21 bits per heavy atom. The zero-order valence-electron chi connectivity index (χ0n) is 7.99. The van der Waals surface area contributed by atoms with Gasteiger partial charge in [-0.1, -0.05) is 6.58 Å². The molecule has 0 unspecified atom stereocenters. The number of Topliss-reactive ketones (excluding diaryl/α,β-unsaturated/α-hetero) is 1. The predicted molar refractivity (Wildman–Crippen MR) is 50.4 cm³/mol. The van der Waals surface area contributed by atoms with Crippen LogP contribution in [0.5, 0.6) is 0 Å². The number of hydrogen-bond acceptors (Lipinski definition) is 3. The highest BCUT2D eigenvalue weighted by Crippen LogP contribution is 2.44. The minimum Gasteiger partial charge on any atom is -0.291 e. The van der Waals surface area contributed by atoms with Gasteiger partial charge in [0.25, 0.3) is 5.54 Å². The average molecular weight is 195 g/mol.